The molecule has 0 saturated carbocycles. The Morgan fingerprint density at radius 2 is 2.00 bits per heavy atom. The second-order valence-electron chi connectivity index (χ2n) is 3.39. The van der Waals surface area contributed by atoms with Crippen molar-refractivity contribution in [2.24, 2.45) is 0 Å². The van der Waals surface area contributed by atoms with E-state index >= 15 is 0 Å². The van der Waals surface area contributed by atoms with Crippen molar-refractivity contribution in [3.8, 4) is 16.9 Å². The van der Waals surface area contributed by atoms with E-state index in [1.54, 1.807) is 13.3 Å². The van der Waals surface area contributed by atoms with Gasteiger partial charge >= 0.3 is 0 Å². The van der Waals surface area contributed by atoms with Gasteiger partial charge in [0, 0.05) is 17.3 Å². The summed E-state index contributed by atoms with van der Waals surface area (Å²) in [5.74, 6) is 0.746. The molecule has 0 atom stereocenters. The number of nitrogens with zero attached hydrogens (tertiary/aromatic N) is 1. The highest BCUT2D eigenvalue weighted by Gasteiger charge is 2.13. The van der Waals surface area contributed by atoms with Crippen LogP contribution >= 0.6 is 27.5 Å². The van der Waals surface area contributed by atoms with Gasteiger partial charge in [0.05, 0.1) is 17.3 Å². The maximum atomic E-state index is 6.01. The van der Waals surface area contributed by atoms with E-state index in [9.17, 15) is 0 Å². The summed E-state index contributed by atoms with van der Waals surface area (Å²) >= 11 is 9.19. The number of halogens is 2. The van der Waals surface area contributed by atoms with E-state index in [1.165, 1.54) is 0 Å². The highest BCUT2D eigenvalue weighted by Crippen LogP contribution is 2.38. The Hall–Kier alpha value is -1.26. The third kappa shape index (κ3) is 2.23. The number of anilines is 1. The molecule has 0 unspecified atom stereocenters. The van der Waals surface area contributed by atoms with Gasteiger partial charge in [0.1, 0.15) is 10.9 Å². The molecule has 0 bridgehead atoms. The van der Waals surface area contributed by atoms with Crippen molar-refractivity contribution in [2.75, 3.05) is 12.8 Å². The highest BCUT2D eigenvalue weighted by atomic mass is 79.9. The molecule has 0 fully saturated rings. The van der Waals surface area contributed by atoms with Crippen LogP contribution in [-0.4, -0.2) is 12.1 Å². The van der Waals surface area contributed by atoms with E-state index in [1.807, 2.05) is 24.3 Å². The van der Waals surface area contributed by atoms with Gasteiger partial charge in [-0.05, 0) is 22.0 Å². The van der Waals surface area contributed by atoms with Crippen molar-refractivity contribution < 1.29 is 4.74 Å². The Balaban J connectivity index is 2.65. The Morgan fingerprint density at radius 3 is 2.71 bits per heavy atom. The van der Waals surface area contributed by atoms with Crippen molar-refractivity contribution >= 4 is 33.2 Å². The first-order valence-electron chi connectivity index (χ1n) is 4.88. The van der Waals surface area contributed by atoms with Crippen LogP contribution in [-0.2, 0) is 0 Å². The van der Waals surface area contributed by atoms with Gasteiger partial charge in [-0.15, -0.1) is 0 Å². The third-order valence-electron chi connectivity index (χ3n) is 2.41. The SMILES string of the molecule is COc1ccccc1-c1cnc(Cl)c(Br)c1N. The van der Waals surface area contributed by atoms with E-state index < -0.39 is 0 Å². The van der Waals surface area contributed by atoms with Crippen molar-refractivity contribution in [2.45, 2.75) is 0 Å². The van der Waals surface area contributed by atoms with Crippen molar-refractivity contribution in [1.82, 2.24) is 4.98 Å². The van der Waals surface area contributed by atoms with Crippen molar-refractivity contribution in [3.05, 3.63) is 40.1 Å². The molecule has 17 heavy (non-hydrogen) atoms. The topological polar surface area (TPSA) is 48.1 Å². The van der Waals surface area contributed by atoms with Crippen LogP contribution in [0.4, 0.5) is 5.69 Å². The minimum absolute atomic E-state index is 0.348. The van der Waals surface area contributed by atoms with E-state index in [2.05, 4.69) is 20.9 Å². The zero-order valence-electron chi connectivity index (χ0n) is 9.08. The molecule has 1 aromatic carbocycles. The van der Waals surface area contributed by atoms with Gasteiger partial charge in [-0.2, -0.15) is 0 Å². The minimum Gasteiger partial charge on any atom is -0.496 e. The molecular formula is C12H10BrClN2O. The Bertz CT molecular complexity index is 560. The Labute approximate surface area is 113 Å². The standard InChI is InChI=1S/C12H10BrClN2O/c1-17-9-5-3-2-4-7(9)8-6-16-12(14)10(13)11(8)15/h2-6H,1H3,(H2,15,16). The lowest BCUT2D eigenvalue weighted by Crippen LogP contribution is -1.96. The number of benzene rings is 1. The molecule has 1 heterocycles. The van der Waals surface area contributed by atoms with E-state index in [0.717, 1.165) is 16.9 Å². The summed E-state index contributed by atoms with van der Waals surface area (Å²) in [6.45, 7) is 0. The summed E-state index contributed by atoms with van der Waals surface area (Å²) in [6.07, 6.45) is 1.64. The Kier molecular flexibility index (Phi) is 3.54. The average Bonchev–Trinajstić information content (AvgIpc) is 2.36. The first-order valence-corrected chi connectivity index (χ1v) is 6.05. The largest absolute Gasteiger partial charge is 0.496 e. The summed E-state index contributed by atoms with van der Waals surface area (Å²) in [5.41, 5.74) is 8.24. The van der Waals surface area contributed by atoms with Gasteiger partial charge in [0.15, 0.2) is 0 Å². The number of nitrogens with two attached hydrogens (primary N) is 1. The maximum Gasteiger partial charge on any atom is 0.145 e. The zero-order valence-corrected chi connectivity index (χ0v) is 11.4. The van der Waals surface area contributed by atoms with Gasteiger partial charge in [0.25, 0.3) is 0 Å². The van der Waals surface area contributed by atoms with Crippen LogP contribution in [0.5, 0.6) is 5.75 Å². The molecule has 0 amide bonds. The molecule has 0 saturated heterocycles. The molecule has 0 aliphatic carbocycles. The normalized spacial score (nSPS) is 10.3. The number of rotatable bonds is 2. The summed E-state index contributed by atoms with van der Waals surface area (Å²) in [5, 5.41) is 0.348. The van der Waals surface area contributed by atoms with Crippen LogP contribution in [0.3, 0.4) is 0 Å². The lowest BCUT2D eigenvalue weighted by Gasteiger charge is -2.11. The number of nitrogen functional groups attached to an aromatic ring is 1. The molecule has 3 nitrogen and oxygen atoms in total. The second kappa shape index (κ2) is 4.94. The molecule has 88 valence electrons. The number of methoxy groups -OCH3 is 1. The summed E-state index contributed by atoms with van der Waals surface area (Å²) in [7, 11) is 1.62. The predicted octanol–water partition coefficient (Wildman–Crippen LogP) is 3.76. The molecule has 0 aliphatic heterocycles. The van der Waals surface area contributed by atoms with Gasteiger partial charge in [-0.1, -0.05) is 29.8 Å². The zero-order chi connectivity index (χ0) is 12.4. The second-order valence-corrected chi connectivity index (χ2v) is 4.54. The molecule has 0 aliphatic rings. The van der Waals surface area contributed by atoms with Crippen LogP contribution in [0, 0.1) is 0 Å². The monoisotopic (exact) mass is 312 g/mol. The van der Waals surface area contributed by atoms with Crippen LogP contribution in [0.25, 0.3) is 11.1 Å². The summed E-state index contributed by atoms with van der Waals surface area (Å²) in [4.78, 5) is 4.07. The average molecular weight is 314 g/mol. The third-order valence-corrected chi connectivity index (χ3v) is 3.73. The number of aromatic nitrogens is 1. The van der Waals surface area contributed by atoms with E-state index in [4.69, 9.17) is 22.1 Å². The van der Waals surface area contributed by atoms with Crippen molar-refractivity contribution in [1.29, 1.82) is 0 Å². The first-order chi connectivity index (χ1) is 8.15. The smallest absolute Gasteiger partial charge is 0.145 e. The molecule has 5 heteroatoms. The van der Waals surface area contributed by atoms with Gasteiger partial charge in [-0.3, -0.25) is 0 Å². The molecule has 0 spiro atoms. The Morgan fingerprint density at radius 1 is 1.29 bits per heavy atom. The minimum atomic E-state index is 0.348. The molecule has 2 N–H and O–H groups in total. The van der Waals surface area contributed by atoms with Crippen molar-refractivity contribution in [3.63, 3.8) is 0 Å². The molecule has 2 rings (SSSR count). The fraction of sp³-hybridized carbons (Fsp3) is 0.0833. The number of hydrogen-bond acceptors (Lipinski definition) is 3. The molecule has 1 aromatic heterocycles. The first kappa shape index (κ1) is 12.2. The predicted molar refractivity (Wildman–Crippen MR) is 73.3 cm³/mol. The van der Waals surface area contributed by atoms with Gasteiger partial charge < -0.3 is 10.5 Å². The summed E-state index contributed by atoms with van der Waals surface area (Å²) in [6, 6.07) is 7.61. The lowest BCUT2D eigenvalue weighted by atomic mass is 10.1. The van der Waals surface area contributed by atoms with Crippen LogP contribution in [0.15, 0.2) is 34.9 Å². The fourth-order valence-electron chi connectivity index (χ4n) is 1.56. The summed E-state index contributed by atoms with van der Waals surface area (Å²) < 4.78 is 5.89. The van der Waals surface area contributed by atoms with Crippen LogP contribution < -0.4 is 10.5 Å². The maximum absolute atomic E-state index is 6.01. The fourth-order valence-corrected chi connectivity index (χ4v) is 2.03. The quantitative estimate of drug-likeness (QED) is 0.859. The van der Waals surface area contributed by atoms with E-state index in [0.29, 0.717) is 15.3 Å². The van der Waals surface area contributed by atoms with Crippen LogP contribution in [0.2, 0.25) is 5.15 Å². The van der Waals surface area contributed by atoms with E-state index in [-0.39, 0.29) is 0 Å². The molecule has 2 aromatic rings. The number of pyridine rings is 1. The number of para-hydroxylation sites is 1. The molecule has 0 radical (unpaired) electrons. The number of hydrogen-bond donors (Lipinski definition) is 1. The van der Waals surface area contributed by atoms with Gasteiger partial charge in [-0.25, -0.2) is 4.98 Å². The van der Waals surface area contributed by atoms with Crippen LogP contribution in [0.1, 0.15) is 0 Å². The highest BCUT2D eigenvalue weighted by molar-refractivity contribution is 9.10. The lowest BCUT2D eigenvalue weighted by molar-refractivity contribution is 0.416. The number of ether oxygens (including phenoxy) is 1. The molecular weight excluding hydrogens is 304 g/mol. The van der Waals surface area contributed by atoms with Gasteiger partial charge in [0.2, 0.25) is 0 Å².